The van der Waals surface area contributed by atoms with Crippen LogP contribution in [0.3, 0.4) is 0 Å². The van der Waals surface area contributed by atoms with E-state index in [2.05, 4.69) is 16.0 Å². The van der Waals surface area contributed by atoms with Gasteiger partial charge in [0.05, 0.1) is 6.42 Å². The molecule has 10 nitrogen and oxygen atoms in total. The Kier molecular flexibility index (Phi) is 8.60. The molecule has 10 heteroatoms. The SMILES string of the molecule is CC(=O)N[C@@H](Cc1ccccc1)C(=O)N[C@@H](CC(=O)O)C(=O)N[C@@H](C)C(=O)O. The van der Waals surface area contributed by atoms with Crippen LogP contribution in [0.2, 0.25) is 0 Å². The Hall–Kier alpha value is -3.43. The molecule has 0 unspecified atom stereocenters. The Bertz CT molecular complexity index is 736. The smallest absolute Gasteiger partial charge is 0.325 e. The predicted molar refractivity (Wildman–Crippen MR) is 97.2 cm³/mol. The van der Waals surface area contributed by atoms with Gasteiger partial charge in [0.25, 0.3) is 0 Å². The largest absolute Gasteiger partial charge is 0.481 e. The zero-order chi connectivity index (χ0) is 21.3. The number of amides is 3. The second kappa shape index (κ2) is 10.7. The van der Waals surface area contributed by atoms with E-state index < -0.39 is 54.2 Å². The van der Waals surface area contributed by atoms with Crippen molar-refractivity contribution < 1.29 is 34.2 Å². The number of hydrogen-bond acceptors (Lipinski definition) is 5. The summed E-state index contributed by atoms with van der Waals surface area (Å²) in [4.78, 5) is 58.1. The third-order valence-corrected chi connectivity index (χ3v) is 3.72. The molecule has 0 spiro atoms. The molecule has 3 atom stereocenters. The molecule has 3 amide bonds. The lowest BCUT2D eigenvalue weighted by Crippen LogP contribution is -2.56. The summed E-state index contributed by atoms with van der Waals surface area (Å²) in [7, 11) is 0. The van der Waals surface area contributed by atoms with Gasteiger partial charge in [-0.15, -0.1) is 0 Å². The van der Waals surface area contributed by atoms with Crippen molar-refractivity contribution in [3.05, 3.63) is 35.9 Å². The highest BCUT2D eigenvalue weighted by molar-refractivity contribution is 5.95. The molecule has 0 fully saturated rings. The van der Waals surface area contributed by atoms with Crippen molar-refractivity contribution in [3.8, 4) is 0 Å². The number of aliphatic carboxylic acids is 2. The average molecular weight is 393 g/mol. The van der Waals surface area contributed by atoms with E-state index in [1.807, 2.05) is 0 Å². The summed E-state index contributed by atoms with van der Waals surface area (Å²) in [6, 6.07) is 4.98. The van der Waals surface area contributed by atoms with Gasteiger partial charge in [0.2, 0.25) is 17.7 Å². The summed E-state index contributed by atoms with van der Waals surface area (Å²) < 4.78 is 0. The minimum Gasteiger partial charge on any atom is -0.481 e. The van der Waals surface area contributed by atoms with E-state index in [1.165, 1.54) is 13.8 Å². The number of nitrogens with one attached hydrogen (secondary N) is 3. The van der Waals surface area contributed by atoms with Crippen molar-refractivity contribution in [1.82, 2.24) is 16.0 Å². The highest BCUT2D eigenvalue weighted by atomic mass is 16.4. The first kappa shape index (κ1) is 22.6. The van der Waals surface area contributed by atoms with E-state index in [1.54, 1.807) is 30.3 Å². The fourth-order valence-electron chi connectivity index (χ4n) is 2.34. The molecule has 0 aliphatic rings. The molecule has 28 heavy (non-hydrogen) atoms. The van der Waals surface area contributed by atoms with Crippen molar-refractivity contribution in [2.24, 2.45) is 0 Å². The number of carbonyl (C=O) groups is 5. The topological polar surface area (TPSA) is 162 Å². The summed E-state index contributed by atoms with van der Waals surface area (Å²) in [5, 5.41) is 24.7. The molecule has 1 aromatic carbocycles. The summed E-state index contributed by atoms with van der Waals surface area (Å²) >= 11 is 0. The van der Waals surface area contributed by atoms with Crippen LogP contribution in [0.1, 0.15) is 25.8 Å². The van der Waals surface area contributed by atoms with Crippen LogP contribution in [0.5, 0.6) is 0 Å². The van der Waals surface area contributed by atoms with Gasteiger partial charge in [-0.1, -0.05) is 30.3 Å². The van der Waals surface area contributed by atoms with Gasteiger partial charge in [-0.3, -0.25) is 24.0 Å². The molecule has 0 aromatic heterocycles. The van der Waals surface area contributed by atoms with E-state index in [0.717, 1.165) is 5.56 Å². The molecule has 0 aliphatic carbocycles. The van der Waals surface area contributed by atoms with Crippen molar-refractivity contribution in [2.45, 2.75) is 44.8 Å². The van der Waals surface area contributed by atoms with Crippen LogP contribution in [-0.4, -0.2) is 58.0 Å². The molecule has 0 saturated carbocycles. The Balaban J connectivity index is 2.93. The second-order valence-electron chi connectivity index (χ2n) is 6.17. The van der Waals surface area contributed by atoms with Crippen molar-refractivity contribution in [1.29, 1.82) is 0 Å². The van der Waals surface area contributed by atoms with Gasteiger partial charge in [-0.25, -0.2) is 0 Å². The quantitative estimate of drug-likeness (QED) is 0.350. The highest BCUT2D eigenvalue weighted by Gasteiger charge is 2.29. The molecule has 1 aromatic rings. The Morgan fingerprint density at radius 3 is 1.96 bits per heavy atom. The first-order valence-corrected chi connectivity index (χ1v) is 8.46. The van der Waals surface area contributed by atoms with Crippen LogP contribution in [0.15, 0.2) is 30.3 Å². The van der Waals surface area contributed by atoms with Crippen LogP contribution in [0.25, 0.3) is 0 Å². The van der Waals surface area contributed by atoms with Gasteiger partial charge in [0, 0.05) is 13.3 Å². The van der Waals surface area contributed by atoms with Gasteiger partial charge < -0.3 is 26.2 Å². The Labute approximate surface area is 161 Å². The van der Waals surface area contributed by atoms with E-state index >= 15 is 0 Å². The van der Waals surface area contributed by atoms with Crippen molar-refractivity contribution in [3.63, 3.8) is 0 Å². The van der Waals surface area contributed by atoms with Gasteiger partial charge >= 0.3 is 11.9 Å². The number of carboxylic acid groups (broad SMARTS) is 2. The summed E-state index contributed by atoms with van der Waals surface area (Å²) in [6.45, 7) is 2.43. The van der Waals surface area contributed by atoms with E-state index in [9.17, 15) is 24.0 Å². The molecule has 0 heterocycles. The number of rotatable bonds is 10. The standard InChI is InChI=1S/C18H23N3O7/c1-10(18(27)28)19-16(25)14(9-15(23)24)21-17(26)13(20-11(2)22)8-12-6-4-3-5-7-12/h3-7,10,13-14H,8-9H2,1-2H3,(H,19,25)(H,20,22)(H,21,26)(H,23,24)(H,27,28)/t10-,13-,14-/m0/s1. The van der Waals surface area contributed by atoms with E-state index in [-0.39, 0.29) is 6.42 Å². The minimum atomic E-state index is -1.50. The summed E-state index contributed by atoms with van der Waals surface area (Å²) in [5.74, 6) is -4.86. The first-order valence-electron chi connectivity index (χ1n) is 8.46. The maximum absolute atomic E-state index is 12.6. The van der Waals surface area contributed by atoms with Crippen LogP contribution in [0.4, 0.5) is 0 Å². The molecule has 0 radical (unpaired) electrons. The normalized spacial score (nSPS) is 13.5. The van der Waals surface area contributed by atoms with Gasteiger partial charge in [0.1, 0.15) is 18.1 Å². The number of carbonyl (C=O) groups excluding carboxylic acids is 3. The monoisotopic (exact) mass is 393 g/mol. The molecule has 0 aliphatic heterocycles. The van der Waals surface area contributed by atoms with Crippen LogP contribution in [-0.2, 0) is 30.4 Å². The van der Waals surface area contributed by atoms with Crippen molar-refractivity contribution in [2.75, 3.05) is 0 Å². The zero-order valence-corrected chi connectivity index (χ0v) is 15.5. The maximum atomic E-state index is 12.6. The highest BCUT2D eigenvalue weighted by Crippen LogP contribution is 2.05. The Morgan fingerprint density at radius 2 is 1.46 bits per heavy atom. The number of hydrogen-bond donors (Lipinski definition) is 5. The lowest BCUT2D eigenvalue weighted by Gasteiger charge is -2.23. The van der Waals surface area contributed by atoms with Crippen molar-refractivity contribution >= 4 is 29.7 Å². The van der Waals surface area contributed by atoms with Crippen LogP contribution < -0.4 is 16.0 Å². The fourth-order valence-corrected chi connectivity index (χ4v) is 2.34. The van der Waals surface area contributed by atoms with Gasteiger partial charge in [0.15, 0.2) is 0 Å². The predicted octanol–water partition coefficient (Wildman–Crippen LogP) is -0.717. The Morgan fingerprint density at radius 1 is 0.893 bits per heavy atom. The van der Waals surface area contributed by atoms with E-state index in [0.29, 0.717) is 0 Å². The van der Waals surface area contributed by atoms with Gasteiger partial charge in [-0.05, 0) is 12.5 Å². The third kappa shape index (κ3) is 7.85. The van der Waals surface area contributed by atoms with Crippen LogP contribution in [0, 0.1) is 0 Å². The summed E-state index contributed by atoms with van der Waals surface area (Å²) in [5.41, 5.74) is 0.745. The molecular weight excluding hydrogens is 370 g/mol. The first-order chi connectivity index (χ1) is 13.1. The number of benzene rings is 1. The lowest BCUT2D eigenvalue weighted by molar-refractivity contribution is -0.143. The lowest BCUT2D eigenvalue weighted by atomic mass is 10.0. The zero-order valence-electron chi connectivity index (χ0n) is 15.5. The fraction of sp³-hybridized carbons (Fsp3) is 0.389. The molecule has 1 rings (SSSR count). The maximum Gasteiger partial charge on any atom is 0.325 e. The average Bonchev–Trinajstić information content (AvgIpc) is 2.60. The van der Waals surface area contributed by atoms with E-state index in [4.69, 9.17) is 10.2 Å². The number of carboxylic acids is 2. The van der Waals surface area contributed by atoms with Crippen LogP contribution >= 0.6 is 0 Å². The molecule has 0 bridgehead atoms. The molecular formula is C18H23N3O7. The minimum absolute atomic E-state index is 0.124. The third-order valence-electron chi connectivity index (χ3n) is 3.72. The molecule has 0 saturated heterocycles. The molecule has 152 valence electrons. The summed E-state index contributed by atoms with van der Waals surface area (Å²) in [6.07, 6.45) is -0.624. The van der Waals surface area contributed by atoms with Gasteiger partial charge in [-0.2, -0.15) is 0 Å². The second-order valence-corrected chi connectivity index (χ2v) is 6.17. The molecule has 5 N–H and O–H groups in total.